The van der Waals surface area contributed by atoms with Crippen molar-refractivity contribution >= 4 is 51.9 Å². The third-order valence-electron chi connectivity index (χ3n) is 8.84. The Morgan fingerprint density at radius 2 is 1.56 bits per heavy atom. The number of carbonyl (C=O) groups is 5. The van der Waals surface area contributed by atoms with Crippen LogP contribution < -0.4 is 24.6 Å². The number of alkyl halides is 3. The van der Waals surface area contributed by atoms with Gasteiger partial charge in [-0.3, -0.25) is 24.1 Å². The van der Waals surface area contributed by atoms with Crippen LogP contribution in [0.3, 0.4) is 0 Å². The lowest BCUT2D eigenvalue weighted by Crippen LogP contribution is -2.57. The first-order valence-corrected chi connectivity index (χ1v) is 17.2. The van der Waals surface area contributed by atoms with Crippen LogP contribution in [0.5, 0.6) is 5.75 Å². The number of hydrogen-bond donors (Lipinski definition) is 1. The van der Waals surface area contributed by atoms with Crippen LogP contribution in [0, 0.1) is 5.21 Å². The van der Waals surface area contributed by atoms with E-state index in [1.165, 1.54) is 73.2 Å². The van der Waals surface area contributed by atoms with E-state index in [9.17, 15) is 42.4 Å². The number of Topliss-reactive ketones (excluding diaryl/α,β-unsaturated/α-hetero) is 1. The number of nitrogens with zero attached hydrogens (tertiary/aromatic N) is 4. The van der Waals surface area contributed by atoms with Gasteiger partial charge in [-0.1, -0.05) is 36.4 Å². The number of anilines is 2. The SMILES string of the molecule is CC(=O)c1ccc(C(=O)N2CC(NC(=O)C(C)N(C)C(=O)OC(C)(C)C)C(=O)N(Cc3c(OCC(F)(F)F)c[n+]([O-])c4ccccc34)c3ccccc32)cc1. The Morgan fingerprint density at radius 1 is 0.964 bits per heavy atom. The van der Waals surface area contributed by atoms with Gasteiger partial charge in [0.05, 0.1) is 29.9 Å². The van der Waals surface area contributed by atoms with Gasteiger partial charge in [0.2, 0.25) is 17.6 Å². The maximum Gasteiger partial charge on any atom is 0.422 e. The molecule has 0 radical (unpaired) electrons. The number of likely N-dealkylation sites (N-methyl/N-ethyl adjacent to an activating group) is 1. The number of para-hydroxylation sites is 3. The molecule has 0 saturated carbocycles. The average Bonchev–Trinajstić information content (AvgIpc) is 3.24. The number of rotatable bonds is 9. The van der Waals surface area contributed by atoms with Crippen LogP contribution in [-0.4, -0.2) is 78.6 Å². The number of ether oxygens (including phenoxy) is 2. The number of amides is 4. The summed E-state index contributed by atoms with van der Waals surface area (Å²) < 4.78 is 51.1. The number of benzene rings is 3. The number of nitrogens with one attached hydrogen (secondary N) is 1. The molecule has 2 atom stereocenters. The normalized spacial score (nSPS) is 15.1. The van der Waals surface area contributed by atoms with Crippen molar-refractivity contribution < 1.29 is 51.3 Å². The molecule has 0 saturated heterocycles. The Labute approximate surface area is 314 Å². The Morgan fingerprint density at radius 3 is 2.18 bits per heavy atom. The van der Waals surface area contributed by atoms with Crippen LogP contribution in [0.1, 0.15) is 60.9 Å². The molecular formula is C39H40F3N5O8. The number of halogens is 3. The van der Waals surface area contributed by atoms with Gasteiger partial charge in [0, 0.05) is 29.8 Å². The molecule has 1 aromatic heterocycles. The number of fused-ring (bicyclic) bond motifs is 2. The summed E-state index contributed by atoms with van der Waals surface area (Å²) in [7, 11) is 1.35. The van der Waals surface area contributed by atoms with Gasteiger partial charge in [-0.15, -0.1) is 0 Å². The van der Waals surface area contributed by atoms with E-state index in [1.54, 1.807) is 51.1 Å². The molecule has 0 spiro atoms. The lowest BCUT2D eigenvalue weighted by atomic mass is 10.1. The van der Waals surface area contributed by atoms with Crippen molar-refractivity contribution in [1.29, 1.82) is 0 Å². The minimum Gasteiger partial charge on any atom is -0.618 e. The predicted octanol–water partition coefficient (Wildman–Crippen LogP) is 5.55. The summed E-state index contributed by atoms with van der Waals surface area (Å²) in [5, 5.41) is 15.8. The smallest absolute Gasteiger partial charge is 0.422 e. The van der Waals surface area contributed by atoms with Gasteiger partial charge in [-0.2, -0.15) is 17.9 Å². The minimum atomic E-state index is -4.76. The monoisotopic (exact) mass is 763 g/mol. The molecule has 5 rings (SSSR count). The summed E-state index contributed by atoms with van der Waals surface area (Å²) in [6.45, 7) is 5.17. The summed E-state index contributed by atoms with van der Waals surface area (Å²) in [4.78, 5) is 71.1. The van der Waals surface area contributed by atoms with Crippen molar-refractivity contribution in [3.05, 3.63) is 101 Å². The van der Waals surface area contributed by atoms with E-state index >= 15 is 0 Å². The van der Waals surface area contributed by atoms with Crippen molar-refractivity contribution in [1.82, 2.24) is 10.2 Å². The Balaban J connectivity index is 1.62. The van der Waals surface area contributed by atoms with Gasteiger partial charge >= 0.3 is 12.3 Å². The van der Waals surface area contributed by atoms with Crippen LogP contribution in [0.4, 0.5) is 29.3 Å². The number of aromatic nitrogens is 1. The highest BCUT2D eigenvalue weighted by atomic mass is 19.4. The standard InChI is InChI=1S/C39H40F3N5O8/c1-23(44(6)37(52)55-38(3,4)5)34(49)43-29-20-46(35(50)26-17-15-25(16-18-26)24(2)48)32-14-10-9-13-31(32)45(36(29)51)19-28-27-11-7-8-12-30(27)47(53)21-33(28)54-22-39(40,41)42/h7-18,21,23,29H,19-20,22H2,1-6H3,(H,43,49). The highest BCUT2D eigenvalue weighted by Crippen LogP contribution is 2.37. The van der Waals surface area contributed by atoms with Crippen LogP contribution in [0.25, 0.3) is 10.9 Å². The predicted molar refractivity (Wildman–Crippen MR) is 196 cm³/mol. The van der Waals surface area contributed by atoms with Crippen LogP contribution in [0.2, 0.25) is 0 Å². The quantitative estimate of drug-likeness (QED) is 0.132. The fraction of sp³-hybridized carbons (Fsp3) is 0.333. The van der Waals surface area contributed by atoms with Crippen molar-refractivity contribution in [2.45, 2.75) is 65.0 Å². The number of carbonyl (C=O) groups excluding carboxylic acids is 5. The molecule has 4 aromatic rings. The number of ketones is 1. The molecule has 2 unspecified atom stereocenters. The first-order valence-electron chi connectivity index (χ1n) is 17.2. The number of hydrogen-bond acceptors (Lipinski definition) is 8. The van der Waals surface area contributed by atoms with E-state index < -0.39 is 73.1 Å². The molecule has 0 fully saturated rings. The van der Waals surface area contributed by atoms with E-state index in [0.717, 1.165) is 11.1 Å². The molecule has 0 bridgehead atoms. The largest absolute Gasteiger partial charge is 0.618 e. The highest BCUT2D eigenvalue weighted by molar-refractivity contribution is 6.13. The van der Waals surface area contributed by atoms with Gasteiger partial charge in [0.15, 0.2) is 18.1 Å². The number of pyridine rings is 1. The van der Waals surface area contributed by atoms with E-state index in [4.69, 9.17) is 9.47 Å². The zero-order chi connectivity index (χ0) is 40.4. The van der Waals surface area contributed by atoms with E-state index in [1.807, 2.05) is 0 Å². The van der Waals surface area contributed by atoms with E-state index in [2.05, 4.69) is 5.32 Å². The molecule has 1 aliphatic rings. The third-order valence-corrected chi connectivity index (χ3v) is 8.84. The van der Waals surface area contributed by atoms with E-state index in [-0.39, 0.29) is 39.2 Å². The summed E-state index contributed by atoms with van der Waals surface area (Å²) in [6.07, 6.45) is -4.71. The maximum atomic E-state index is 14.8. The van der Waals surface area contributed by atoms with Gasteiger partial charge in [-0.25, -0.2) is 4.79 Å². The first-order chi connectivity index (χ1) is 25.8. The van der Waals surface area contributed by atoms with Gasteiger partial charge < -0.3 is 29.8 Å². The molecule has 16 heteroatoms. The molecular weight excluding hydrogens is 723 g/mol. The Bertz CT molecular complexity index is 2130. The first kappa shape index (κ1) is 40.0. The molecule has 0 aliphatic carbocycles. The fourth-order valence-corrected chi connectivity index (χ4v) is 5.93. The second-order valence-electron chi connectivity index (χ2n) is 14.0. The van der Waals surface area contributed by atoms with Crippen LogP contribution in [0.15, 0.2) is 79.0 Å². The third kappa shape index (κ3) is 9.13. The fourth-order valence-electron chi connectivity index (χ4n) is 5.93. The summed E-state index contributed by atoms with van der Waals surface area (Å²) in [5.74, 6) is -2.79. The Hall–Kier alpha value is -6.19. The van der Waals surface area contributed by atoms with Crippen LogP contribution in [-0.2, 0) is 20.9 Å². The summed E-state index contributed by atoms with van der Waals surface area (Å²) in [6, 6.07) is 15.6. The molecule has 3 aromatic carbocycles. The highest BCUT2D eigenvalue weighted by Gasteiger charge is 2.40. The zero-order valence-corrected chi connectivity index (χ0v) is 31.0. The summed E-state index contributed by atoms with van der Waals surface area (Å²) in [5.41, 5.74) is 0.149. The van der Waals surface area contributed by atoms with Crippen LogP contribution >= 0.6 is 0 Å². The Kier molecular flexibility index (Phi) is 11.4. The van der Waals surface area contributed by atoms with Gasteiger partial charge in [0.25, 0.3) is 11.8 Å². The average molecular weight is 764 g/mol. The van der Waals surface area contributed by atoms with Crippen molar-refractivity contribution in [2.75, 3.05) is 30.0 Å². The second-order valence-corrected chi connectivity index (χ2v) is 14.0. The summed E-state index contributed by atoms with van der Waals surface area (Å²) >= 11 is 0. The molecule has 2 heterocycles. The molecule has 290 valence electrons. The topological polar surface area (TPSA) is 152 Å². The lowest BCUT2D eigenvalue weighted by molar-refractivity contribution is -0.577. The minimum absolute atomic E-state index is 0.0535. The van der Waals surface area contributed by atoms with Gasteiger partial charge in [-0.05, 0) is 65.0 Å². The van der Waals surface area contributed by atoms with E-state index in [0.29, 0.717) is 10.3 Å². The molecule has 4 amide bonds. The van der Waals surface area contributed by atoms with Crippen molar-refractivity contribution in [3.63, 3.8) is 0 Å². The molecule has 1 aliphatic heterocycles. The lowest BCUT2D eigenvalue weighted by Gasteiger charge is -2.30. The van der Waals surface area contributed by atoms with Gasteiger partial charge in [0.1, 0.15) is 17.7 Å². The second kappa shape index (κ2) is 15.7. The van der Waals surface area contributed by atoms with Crippen molar-refractivity contribution in [3.8, 4) is 5.75 Å². The molecule has 13 nitrogen and oxygen atoms in total. The van der Waals surface area contributed by atoms with Crippen molar-refractivity contribution in [2.24, 2.45) is 0 Å². The molecule has 55 heavy (non-hydrogen) atoms. The maximum absolute atomic E-state index is 14.8. The zero-order valence-electron chi connectivity index (χ0n) is 31.0. The molecule has 1 N–H and O–H groups in total.